The summed E-state index contributed by atoms with van der Waals surface area (Å²) in [5.41, 5.74) is 4.77. The normalized spacial score (nSPS) is 10.2. The third-order valence-electron chi connectivity index (χ3n) is 4.19. The number of allylic oxidation sites excluding steroid dienone is 1. The first kappa shape index (κ1) is 16.8. The maximum absolute atomic E-state index is 5.52. The van der Waals surface area contributed by atoms with Gasteiger partial charge in [-0.1, -0.05) is 72.8 Å². The van der Waals surface area contributed by atoms with Gasteiger partial charge in [0, 0.05) is 6.07 Å². The smallest absolute Gasteiger partial charge is 0.126 e. The highest BCUT2D eigenvalue weighted by Gasteiger charge is 2.07. The molecule has 0 amide bonds. The lowest BCUT2D eigenvalue weighted by Crippen LogP contribution is -1.94. The van der Waals surface area contributed by atoms with Crippen LogP contribution in [0.4, 0.5) is 0 Å². The molecule has 0 fully saturated rings. The van der Waals surface area contributed by atoms with E-state index in [1.807, 2.05) is 24.3 Å². The van der Waals surface area contributed by atoms with Crippen LogP contribution in [-0.2, 0) is 6.42 Å². The molecule has 0 unspecified atom stereocenters. The minimum Gasteiger partial charge on any atom is -0.497 e. The lowest BCUT2D eigenvalue weighted by atomic mass is 9.96. The number of methoxy groups -OCH3 is 2. The number of hydrogen-bond acceptors (Lipinski definition) is 2. The Morgan fingerprint density at radius 1 is 0.760 bits per heavy atom. The van der Waals surface area contributed by atoms with Crippen molar-refractivity contribution in [2.24, 2.45) is 0 Å². The molecule has 0 saturated heterocycles. The molecule has 3 aromatic rings. The van der Waals surface area contributed by atoms with Crippen LogP contribution in [0.3, 0.4) is 0 Å². The highest BCUT2D eigenvalue weighted by molar-refractivity contribution is 5.79. The predicted octanol–water partition coefficient (Wildman–Crippen LogP) is 5.38. The first-order valence-electron chi connectivity index (χ1n) is 8.33. The predicted molar refractivity (Wildman–Crippen MR) is 103 cm³/mol. The highest BCUT2D eigenvalue weighted by Crippen LogP contribution is 2.28. The number of hydrogen-bond donors (Lipinski definition) is 0. The molecule has 126 valence electrons. The molecular weight excluding hydrogens is 308 g/mol. The zero-order valence-corrected chi connectivity index (χ0v) is 14.6. The van der Waals surface area contributed by atoms with Crippen LogP contribution < -0.4 is 9.47 Å². The van der Waals surface area contributed by atoms with Crippen LogP contribution in [-0.4, -0.2) is 14.2 Å². The van der Waals surface area contributed by atoms with Gasteiger partial charge in [-0.15, -0.1) is 0 Å². The molecule has 0 aliphatic heterocycles. The lowest BCUT2D eigenvalue weighted by molar-refractivity contribution is 0.391. The molecular formula is C23H22O2. The van der Waals surface area contributed by atoms with E-state index in [0.29, 0.717) is 0 Å². The fourth-order valence-electron chi connectivity index (χ4n) is 2.87. The molecule has 0 spiro atoms. The topological polar surface area (TPSA) is 18.5 Å². The number of rotatable bonds is 6. The molecule has 3 rings (SSSR count). The molecule has 0 aliphatic carbocycles. The van der Waals surface area contributed by atoms with E-state index in [1.165, 1.54) is 16.7 Å². The monoisotopic (exact) mass is 330 g/mol. The zero-order chi connectivity index (χ0) is 17.5. The molecule has 0 aliphatic rings. The molecule has 0 aromatic heterocycles. The van der Waals surface area contributed by atoms with E-state index >= 15 is 0 Å². The van der Waals surface area contributed by atoms with Gasteiger partial charge in [-0.25, -0.2) is 0 Å². The Bertz CT molecular complexity index is 795. The molecule has 0 atom stereocenters. The van der Waals surface area contributed by atoms with Crippen LogP contribution in [0, 0.1) is 0 Å². The molecule has 0 N–H and O–H groups in total. The average molecular weight is 330 g/mol. The number of ether oxygens (including phenoxy) is 2. The quantitative estimate of drug-likeness (QED) is 0.604. The Kier molecular flexibility index (Phi) is 5.53. The summed E-state index contributed by atoms with van der Waals surface area (Å²) in [7, 11) is 3.36. The SMILES string of the molecule is COc1ccc(CC=C(c2ccccc2)c2ccccc2)c(OC)c1. The van der Waals surface area contributed by atoms with Crippen molar-refractivity contribution in [2.45, 2.75) is 6.42 Å². The molecule has 0 radical (unpaired) electrons. The van der Waals surface area contributed by atoms with Crippen molar-refractivity contribution in [3.05, 3.63) is 102 Å². The summed E-state index contributed by atoms with van der Waals surface area (Å²) in [5.74, 6) is 1.65. The summed E-state index contributed by atoms with van der Waals surface area (Å²) in [6.07, 6.45) is 3.04. The Hall–Kier alpha value is -3.00. The third-order valence-corrected chi connectivity index (χ3v) is 4.19. The van der Waals surface area contributed by atoms with Crippen molar-refractivity contribution >= 4 is 5.57 Å². The van der Waals surface area contributed by atoms with Gasteiger partial charge in [0.05, 0.1) is 14.2 Å². The van der Waals surface area contributed by atoms with Gasteiger partial charge in [0.25, 0.3) is 0 Å². The van der Waals surface area contributed by atoms with Crippen LogP contribution in [0.25, 0.3) is 5.57 Å². The minimum absolute atomic E-state index is 0.784. The van der Waals surface area contributed by atoms with E-state index < -0.39 is 0 Å². The standard InChI is InChI=1S/C23H22O2/c1-24-21-15-13-20(23(17-21)25-2)14-16-22(18-9-5-3-6-10-18)19-11-7-4-8-12-19/h3-13,15-17H,14H2,1-2H3. The van der Waals surface area contributed by atoms with Crippen molar-refractivity contribution in [3.8, 4) is 11.5 Å². The third kappa shape index (κ3) is 4.10. The van der Waals surface area contributed by atoms with Crippen LogP contribution >= 0.6 is 0 Å². The average Bonchev–Trinajstić information content (AvgIpc) is 2.70. The second-order valence-corrected chi connectivity index (χ2v) is 5.73. The maximum atomic E-state index is 5.52. The Morgan fingerprint density at radius 3 is 1.88 bits per heavy atom. The Balaban J connectivity index is 1.97. The molecule has 25 heavy (non-hydrogen) atoms. The van der Waals surface area contributed by atoms with Crippen molar-refractivity contribution in [2.75, 3.05) is 14.2 Å². The van der Waals surface area contributed by atoms with E-state index in [2.05, 4.69) is 60.7 Å². The van der Waals surface area contributed by atoms with Gasteiger partial charge in [-0.3, -0.25) is 0 Å². The summed E-state index contributed by atoms with van der Waals surface area (Å²) < 4.78 is 10.8. The highest BCUT2D eigenvalue weighted by atomic mass is 16.5. The molecule has 3 aromatic carbocycles. The van der Waals surface area contributed by atoms with Gasteiger partial charge >= 0.3 is 0 Å². The molecule has 0 bridgehead atoms. The number of benzene rings is 3. The van der Waals surface area contributed by atoms with Crippen LogP contribution in [0.1, 0.15) is 16.7 Å². The minimum atomic E-state index is 0.784. The Labute approximate surface area is 149 Å². The molecule has 2 nitrogen and oxygen atoms in total. The first-order valence-corrected chi connectivity index (χ1v) is 8.33. The van der Waals surface area contributed by atoms with Gasteiger partial charge in [0.2, 0.25) is 0 Å². The van der Waals surface area contributed by atoms with E-state index in [-0.39, 0.29) is 0 Å². The summed E-state index contributed by atoms with van der Waals surface area (Å²) in [6.45, 7) is 0. The van der Waals surface area contributed by atoms with Gasteiger partial charge in [0.15, 0.2) is 0 Å². The van der Waals surface area contributed by atoms with Crippen molar-refractivity contribution < 1.29 is 9.47 Å². The van der Waals surface area contributed by atoms with Gasteiger partial charge in [0.1, 0.15) is 11.5 Å². The summed E-state index contributed by atoms with van der Waals surface area (Å²) in [6, 6.07) is 26.9. The first-order chi connectivity index (χ1) is 12.3. The van der Waals surface area contributed by atoms with E-state index in [0.717, 1.165) is 23.5 Å². The molecule has 0 heterocycles. The molecule has 2 heteroatoms. The van der Waals surface area contributed by atoms with E-state index in [4.69, 9.17) is 9.47 Å². The van der Waals surface area contributed by atoms with Crippen LogP contribution in [0.15, 0.2) is 84.9 Å². The van der Waals surface area contributed by atoms with Crippen LogP contribution in [0.2, 0.25) is 0 Å². The Morgan fingerprint density at radius 2 is 1.36 bits per heavy atom. The summed E-state index contributed by atoms with van der Waals surface area (Å²) in [4.78, 5) is 0. The fraction of sp³-hybridized carbons (Fsp3) is 0.130. The fourth-order valence-corrected chi connectivity index (χ4v) is 2.87. The van der Waals surface area contributed by atoms with E-state index in [9.17, 15) is 0 Å². The van der Waals surface area contributed by atoms with Gasteiger partial charge in [-0.05, 0) is 34.8 Å². The zero-order valence-electron chi connectivity index (χ0n) is 14.6. The lowest BCUT2D eigenvalue weighted by Gasteiger charge is -2.11. The van der Waals surface area contributed by atoms with Gasteiger partial charge < -0.3 is 9.47 Å². The van der Waals surface area contributed by atoms with Crippen molar-refractivity contribution in [3.63, 3.8) is 0 Å². The second-order valence-electron chi connectivity index (χ2n) is 5.73. The summed E-state index contributed by atoms with van der Waals surface area (Å²) >= 11 is 0. The second kappa shape index (κ2) is 8.20. The van der Waals surface area contributed by atoms with Gasteiger partial charge in [-0.2, -0.15) is 0 Å². The van der Waals surface area contributed by atoms with E-state index in [1.54, 1.807) is 14.2 Å². The van der Waals surface area contributed by atoms with Crippen molar-refractivity contribution in [1.82, 2.24) is 0 Å². The van der Waals surface area contributed by atoms with Crippen LogP contribution in [0.5, 0.6) is 11.5 Å². The maximum Gasteiger partial charge on any atom is 0.126 e. The largest absolute Gasteiger partial charge is 0.497 e. The van der Waals surface area contributed by atoms with Crippen molar-refractivity contribution in [1.29, 1.82) is 0 Å². The molecule has 0 saturated carbocycles. The summed E-state index contributed by atoms with van der Waals surface area (Å²) in [5, 5.41) is 0.